The Labute approximate surface area is 140 Å². The SMILES string of the molecule is O=C(Nc1cccc(N2CCCCC2=O)c1)c1ccc(Cl)cc1. The van der Waals surface area contributed by atoms with Gasteiger partial charge in [-0.15, -0.1) is 0 Å². The fourth-order valence-electron chi connectivity index (χ4n) is 2.63. The van der Waals surface area contributed by atoms with Crippen LogP contribution in [-0.2, 0) is 4.79 Å². The van der Waals surface area contributed by atoms with E-state index < -0.39 is 0 Å². The Morgan fingerprint density at radius 1 is 1.09 bits per heavy atom. The Balaban J connectivity index is 1.76. The van der Waals surface area contributed by atoms with Crippen molar-refractivity contribution in [2.24, 2.45) is 0 Å². The van der Waals surface area contributed by atoms with E-state index in [1.54, 1.807) is 29.2 Å². The van der Waals surface area contributed by atoms with Crippen LogP contribution < -0.4 is 10.2 Å². The second-order valence-electron chi connectivity index (χ2n) is 5.51. The Morgan fingerprint density at radius 3 is 2.61 bits per heavy atom. The molecule has 1 fully saturated rings. The molecule has 0 spiro atoms. The predicted octanol–water partition coefficient (Wildman–Crippen LogP) is 4.11. The van der Waals surface area contributed by atoms with E-state index in [0.717, 1.165) is 25.1 Å². The molecule has 118 valence electrons. The van der Waals surface area contributed by atoms with E-state index in [2.05, 4.69) is 5.32 Å². The second-order valence-corrected chi connectivity index (χ2v) is 5.95. The molecule has 0 radical (unpaired) electrons. The number of nitrogens with one attached hydrogen (secondary N) is 1. The second kappa shape index (κ2) is 6.84. The first-order valence-corrected chi connectivity index (χ1v) is 7.98. The highest BCUT2D eigenvalue weighted by molar-refractivity contribution is 6.30. The average molecular weight is 329 g/mol. The maximum Gasteiger partial charge on any atom is 0.255 e. The summed E-state index contributed by atoms with van der Waals surface area (Å²) in [6.45, 7) is 0.730. The van der Waals surface area contributed by atoms with Crippen molar-refractivity contribution in [1.29, 1.82) is 0 Å². The lowest BCUT2D eigenvalue weighted by Gasteiger charge is -2.27. The van der Waals surface area contributed by atoms with Crippen LogP contribution in [0.3, 0.4) is 0 Å². The van der Waals surface area contributed by atoms with Gasteiger partial charge in [0.05, 0.1) is 0 Å². The highest BCUT2D eigenvalue weighted by Gasteiger charge is 2.19. The zero-order valence-corrected chi connectivity index (χ0v) is 13.3. The molecule has 0 aliphatic carbocycles. The van der Waals surface area contributed by atoms with Gasteiger partial charge in [0.15, 0.2) is 0 Å². The first-order valence-electron chi connectivity index (χ1n) is 7.61. The summed E-state index contributed by atoms with van der Waals surface area (Å²) in [4.78, 5) is 26.0. The van der Waals surface area contributed by atoms with Gasteiger partial charge in [-0.3, -0.25) is 9.59 Å². The number of carbonyl (C=O) groups is 2. The van der Waals surface area contributed by atoms with Crippen LogP contribution >= 0.6 is 11.6 Å². The first kappa shape index (κ1) is 15.6. The maximum atomic E-state index is 12.2. The number of carbonyl (C=O) groups excluding carboxylic acids is 2. The topological polar surface area (TPSA) is 49.4 Å². The maximum absolute atomic E-state index is 12.2. The van der Waals surface area contributed by atoms with Gasteiger partial charge in [0.1, 0.15) is 0 Å². The van der Waals surface area contributed by atoms with E-state index in [0.29, 0.717) is 22.7 Å². The molecule has 0 bridgehead atoms. The van der Waals surface area contributed by atoms with E-state index in [4.69, 9.17) is 11.6 Å². The molecule has 1 heterocycles. The molecular weight excluding hydrogens is 312 g/mol. The van der Waals surface area contributed by atoms with Crippen LogP contribution in [0.2, 0.25) is 5.02 Å². The van der Waals surface area contributed by atoms with E-state index >= 15 is 0 Å². The molecular formula is C18H17ClN2O2. The Kier molecular flexibility index (Phi) is 4.63. The number of piperidine rings is 1. The third-order valence-corrected chi connectivity index (χ3v) is 4.10. The van der Waals surface area contributed by atoms with Crippen LogP contribution in [0, 0.1) is 0 Å². The molecule has 0 unspecified atom stereocenters. The number of halogens is 1. The smallest absolute Gasteiger partial charge is 0.255 e. The molecule has 3 rings (SSSR count). The van der Waals surface area contributed by atoms with Crippen LogP contribution in [0.4, 0.5) is 11.4 Å². The van der Waals surface area contributed by atoms with Crippen molar-refractivity contribution in [2.75, 3.05) is 16.8 Å². The fourth-order valence-corrected chi connectivity index (χ4v) is 2.76. The number of anilines is 2. The lowest BCUT2D eigenvalue weighted by Crippen LogP contribution is -2.35. The van der Waals surface area contributed by atoms with Gasteiger partial charge < -0.3 is 10.2 Å². The van der Waals surface area contributed by atoms with Gasteiger partial charge in [-0.05, 0) is 55.3 Å². The number of nitrogens with zero attached hydrogens (tertiary/aromatic N) is 1. The van der Waals surface area contributed by atoms with Gasteiger partial charge in [0.25, 0.3) is 5.91 Å². The number of benzene rings is 2. The summed E-state index contributed by atoms with van der Waals surface area (Å²) in [5.74, 6) is -0.0683. The summed E-state index contributed by atoms with van der Waals surface area (Å²) < 4.78 is 0. The molecule has 2 aromatic rings. The van der Waals surface area contributed by atoms with Gasteiger partial charge in [0, 0.05) is 34.9 Å². The fraction of sp³-hybridized carbons (Fsp3) is 0.222. The third-order valence-electron chi connectivity index (χ3n) is 3.85. The number of hydrogen-bond acceptors (Lipinski definition) is 2. The van der Waals surface area contributed by atoms with E-state index in [-0.39, 0.29) is 11.8 Å². The van der Waals surface area contributed by atoms with Gasteiger partial charge in [-0.2, -0.15) is 0 Å². The van der Waals surface area contributed by atoms with Gasteiger partial charge in [-0.1, -0.05) is 17.7 Å². The summed E-state index contributed by atoms with van der Waals surface area (Å²) in [5, 5.41) is 3.44. The minimum Gasteiger partial charge on any atom is -0.322 e. The third kappa shape index (κ3) is 3.71. The molecule has 4 nitrogen and oxygen atoms in total. The van der Waals surface area contributed by atoms with Crippen molar-refractivity contribution in [2.45, 2.75) is 19.3 Å². The Bertz CT molecular complexity index is 728. The van der Waals surface area contributed by atoms with Crippen molar-refractivity contribution < 1.29 is 9.59 Å². The van der Waals surface area contributed by atoms with Crippen molar-refractivity contribution in [1.82, 2.24) is 0 Å². The van der Waals surface area contributed by atoms with Crippen LogP contribution in [0.15, 0.2) is 48.5 Å². The summed E-state index contributed by atoms with van der Waals surface area (Å²) >= 11 is 5.83. The normalized spacial score (nSPS) is 14.7. The van der Waals surface area contributed by atoms with E-state index in [1.807, 2.05) is 24.3 Å². The molecule has 1 aliphatic rings. The molecule has 23 heavy (non-hydrogen) atoms. The number of hydrogen-bond donors (Lipinski definition) is 1. The first-order chi connectivity index (χ1) is 11.1. The monoisotopic (exact) mass is 328 g/mol. The summed E-state index contributed by atoms with van der Waals surface area (Å²) in [6, 6.07) is 14.1. The predicted molar refractivity (Wildman–Crippen MR) is 92.1 cm³/mol. The lowest BCUT2D eigenvalue weighted by molar-refractivity contribution is -0.119. The summed E-state index contributed by atoms with van der Waals surface area (Å²) in [5.41, 5.74) is 2.03. The Hall–Kier alpha value is -2.33. The average Bonchev–Trinajstić information content (AvgIpc) is 2.56. The van der Waals surface area contributed by atoms with Crippen LogP contribution in [-0.4, -0.2) is 18.4 Å². The van der Waals surface area contributed by atoms with Gasteiger partial charge in [0.2, 0.25) is 5.91 Å². The van der Waals surface area contributed by atoms with Gasteiger partial charge >= 0.3 is 0 Å². The standard InChI is InChI=1S/C18H17ClN2O2/c19-14-9-7-13(8-10-14)18(23)20-15-4-3-5-16(12-15)21-11-2-1-6-17(21)22/h3-5,7-10,12H,1-2,6,11H2,(H,20,23). The highest BCUT2D eigenvalue weighted by atomic mass is 35.5. The number of amides is 2. The lowest BCUT2D eigenvalue weighted by atomic mass is 10.1. The number of rotatable bonds is 3. The molecule has 5 heteroatoms. The van der Waals surface area contributed by atoms with E-state index in [9.17, 15) is 9.59 Å². The molecule has 2 amide bonds. The molecule has 1 N–H and O–H groups in total. The quantitative estimate of drug-likeness (QED) is 0.921. The minimum atomic E-state index is -0.205. The van der Waals surface area contributed by atoms with Crippen LogP contribution in [0.1, 0.15) is 29.6 Å². The highest BCUT2D eigenvalue weighted by Crippen LogP contribution is 2.24. The molecule has 2 aromatic carbocycles. The van der Waals surface area contributed by atoms with Crippen LogP contribution in [0.25, 0.3) is 0 Å². The molecule has 0 saturated carbocycles. The summed E-state index contributed by atoms with van der Waals surface area (Å²) in [6.07, 6.45) is 2.54. The summed E-state index contributed by atoms with van der Waals surface area (Å²) in [7, 11) is 0. The minimum absolute atomic E-state index is 0.137. The Morgan fingerprint density at radius 2 is 1.87 bits per heavy atom. The van der Waals surface area contributed by atoms with Crippen LogP contribution in [0.5, 0.6) is 0 Å². The van der Waals surface area contributed by atoms with Crippen molar-refractivity contribution in [3.05, 3.63) is 59.1 Å². The molecule has 1 saturated heterocycles. The van der Waals surface area contributed by atoms with Crippen molar-refractivity contribution >= 4 is 34.8 Å². The molecule has 1 aliphatic heterocycles. The van der Waals surface area contributed by atoms with Gasteiger partial charge in [-0.25, -0.2) is 0 Å². The zero-order chi connectivity index (χ0) is 16.2. The molecule has 0 atom stereocenters. The zero-order valence-electron chi connectivity index (χ0n) is 12.6. The van der Waals surface area contributed by atoms with Crippen molar-refractivity contribution in [3.63, 3.8) is 0 Å². The largest absolute Gasteiger partial charge is 0.322 e. The van der Waals surface area contributed by atoms with Crippen molar-refractivity contribution in [3.8, 4) is 0 Å². The van der Waals surface area contributed by atoms with E-state index in [1.165, 1.54) is 0 Å². The molecule has 0 aromatic heterocycles.